The monoisotopic (exact) mass is 427 g/mol. The zero-order valence-corrected chi connectivity index (χ0v) is 17.6. The van der Waals surface area contributed by atoms with Gasteiger partial charge in [-0.25, -0.2) is 9.97 Å². The quantitative estimate of drug-likeness (QED) is 0.438. The van der Waals surface area contributed by atoms with Crippen molar-refractivity contribution in [2.45, 2.75) is 26.0 Å². The minimum Gasteiger partial charge on any atom is -0.471 e. The SMILES string of the molecule is Cc1ncc2n(Cc3nc(OC4CCOC4)c4ccccc4n3)c(=O)c3ccccc3n12. The molecule has 0 amide bonds. The van der Waals surface area contributed by atoms with Crippen molar-refractivity contribution in [1.29, 1.82) is 0 Å². The zero-order chi connectivity index (χ0) is 21.7. The van der Waals surface area contributed by atoms with E-state index in [4.69, 9.17) is 19.4 Å². The number of aromatic nitrogens is 5. The molecule has 1 atom stereocenters. The van der Waals surface area contributed by atoms with Gasteiger partial charge in [0.05, 0.1) is 47.8 Å². The molecule has 1 aliphatic heterocycles. The van der Waals surface area contributed by atoms with Crippen molar-refractivity contribution in [3.8, 4) is 5.88 Å². The molecule has 0 aliphatic carbocycles. The molecular formula is C24H21N5O3. The molecule has 1 unspecified atom stereocenters. The van der Waals surface area contributed by atoms with Gasteiger partial charge in [0.2, 0.25) is 5.88 Å². The Bertz CT molecular complexity index is 1530. The molecule has 0 bridgehead atoms. The molecule has 32 heavy (non-hydrogen) atoms. The lowest BCUT2D eigenvalue weighted by molar-refractivity contribution is 0.139. The molecule has 0 radical (unpaired) electrons. The van der Waals surface area contributed by atoms with Crippen molar-refractivity contribution in [2.75, 3.05) is 13.2 Å². The number of aryl methyl sites for hydroxylation is 1. The fraction of sp³-hybridized carbons (Fsp3) is 0.250. The summed E-state index contributed by atoms with van der Waals surface area (Å²) in [6.07, 6.45) is 2.51. The van der Waals surface area contributed by atoms with Gasteiger partial charge in [-0.05, 0) is 31.2 Å². The Morgan fingerprint density at radius 1 is 1.09 bits per heavy atom. The molecule has 1 saturated heterocycles. The Hall–Kier alpha value is -3.78. The molecule has 6 rings (SSSR count). The van der Waals surface area contributed by atoms with Gasteiger partial charge >= 0.3 is 0 Å². The van der Waals surface area contributed by atoms with Gasteiger partial charge in [0, 0.05) is 6.42 Å². The van der Waals surface area contributed by atoms with E-state index >= 15 is 0 Å². The van der Waals surface area contributed by atoms with Gasteiger partial charge in [0.15, 0.2) is 5.82 Å². The van der Waals surface area contributed by atoms with E-state index in [0.717, 1.165) is 28.7 Å². The minimum atomic E-state index is -0.101. The minimum absolute atomic E-state index is 0.0336. The summed E-state index contributed by atoms with van der Waals surface area (Å²) in [5.41, 5.74) is 2.22. The van der Waals surface area contributed by atoms with E-state index < -0.39 is 0 Å². The Kier molecular flexibility index (Phi) is 4.39. The molecule has 8 nitrogen and oxygen atoms in total. The van der Waals surface area contributed by atoms with Gasteiger partial charge in [-0.15, -0.1) is 0 Å². The molecule has 2 aromatic carbocycles. The van der Waals surface area contributed by atoms with Gasteiger partial charge < -0.3 is 9.47 Å². The van der Waals surface area contributed by atoms with Crippen LogP contribution in [0.25, 0.3) is 27.5 Å². The summed E-state index contributed by atoms with van der Waals surface area (Å²) in [6, 6.07) is 15.3. The maximum absolute atomic E-state index is 13.4. The van der Waals surface area contributed by atoms with Crippen molar-refractivity contribution >= 4 is 27.5 Å². The molecule has 0 saturated carbocycles. The Balaban J connectivity index is 1.52. The summed E-state index contributed by atoms with van der Waals surface area (Å²) in [5, 5.41) is 1.47. The van der Waals surface area contributed by atoms with E-state index in [0.29, 0.717) is 36.0 Å². The summed E-state index contributed by atoms with van der Waals surface area (Å²) in [4.78, 5) is 27.3. The summed E-state index contributed by atoms with van der Waals surface area (Å²) in [6.45, 7) is 3.37. The highest BCUT2D eigenvalue weighted by atomic mass is 16.5. The number of hydrogen-bond donors (Lipinski definition) is 0. The third-order valence-corrected chi connectivity index (χ3v) is 5.90. The van der Waals surface area contributed by atoms with Crippen molar-refractivity contribution < 1.29 is 9.47 Å². The predicted octanol–water partition coefficient (Wildman–Crippen LogP) is 3.12. The highest BCUT2D eigenvalue weighted by molar-refractivity contribution is 5.83. The lowest BCUT2D eigenvalue weighted by Gasteiger charge is -2.15. The topological polar surface area (TPSA) is 83.5 Å². The van der Waals surface area contributed by atoms with Crippen LogP contribution in [0.5, 0.6) is 5.88 Å². The van der Waals surface area contributed by atoms with Crippen LogP contribution in [0.15, 0.2) is 59.5 Å². The van der Waals surface area contributed by atoms with Gasteiger partial charge in [0.25, 0.3) is 5.56 Å². The van der Waals surface area contributed by atoms with E-state index in [1.54, 1.807) is 10.8 Å². The second-order valence-corrected chi connectivity index (χ2v) is 7.97. The van der Waals surface area contributed by atoms with Crippen molar-refractivity contribution in [2.24, 2.45) is 0 Å². The Morgan fingerprint density at radius 3 is 2.75 bits per heavy atom. The van der Waals surface area contributed by atoms with E-state index in [9.17, 15) is 4.79 Å². The Labute approximate surface area is 183 Å². The van der Waals surface area contributed by atoms with Gasteiger partial charge in [-0.3, -0.25) is 13.8 Å². The van der Waals surface area contributed by atoms with Crippen LogP contribution < -0.4 is 10.3 Å². The van der Waals surface area contributed by atoms with Crippen molar-refractivity contribution in [3.05, 3.63) is 76.7 Å². The lowest BCUT2D eigenvalue weighted by Crippen LogP contribution is -2.24. The van der Waals surface area contributed by atoms with Gasteiger partial charge in [0.1, 0.15) is 17.6 Å². The van der Waals surface area contributed by atoms with Crippen molar-refractivity contribution in [1.82, 2.24) is 23.9 Å². The average Bonchev–Trinajstić information content (AvgIpc) is 3.46. The predicted molar refractivity (Wildman–Crippen MR) is 120 cm³/mol. The second-order valence-electron chi connectivity index (χ2n) is 7.97. The van der Waals surface area contributed by atoms with Crippen LogP contribution in [0.3, 0.4) is 0 Å². The summed E-state index contributed by atoms with van der Waals surface area (Å²) in [7, 11) is 0. The molecule has 3 aromatic heterocycles. The normalized spacial score (nSPS) is 16.3. The molecule has 0 N–H and O–H groups in total. The Morgan fingerprint density at radius 2 is 1.91 bits per heavy atom. The first-order chi connectivity index (χ1) is 15.7. The van der Waals surface area contributed by atoms with Crippen LogP contribution in [0.2, 0.25) is 0 Å². The molecule has 0 spiro atoms. The maximum atomic E-state index is 13.4. The fourth-order valence-electron chi connectivity index (χ4n) is 4.33. The third-order valence-electron chi connectivity index (χ3n) is 5.90. The number of imidazole rings is 1. The fourth-order valence-corrected chi connectivity index (χ4v) is 4.33. The van der Waals surface area contributed by atoms with E-state index in [-0.39, 0.29) is 18.2 Å². The second kappa shape index (κ2) is 7.42. The molecule has 4 heterocycles. The molecule has 1 aliphatic rings. The summed E-state index contributed by atoms with van der Waals surface area (Å²) in [5.74, 6) is 1.85. The standard InChI is InChI=1S/C24H21N5O3/c1-15-25-12-22-28(24(30)18-7-3-5-9-20(18)29(15)22)13-21-26-19-8-4-2-6-17(19)23(27-21)32-16-10-11-31-14-16/h2-9,12,16H,10-11,13-14H2,1H3. The van der Waals surface area contributed by atoms with Crippen LogP contribution in [-0.4, -0.2) is 43.2 Å². The van der Waals surface area contributed by atoms with Gasteiger partial charge in [-0.1, -0.05) is 24.3 Å². The number of benzene rings is 2. The zero-order valence-electron chi connectivity index (χ0n) is 17.6. The van der Waals surface area contributed by atoms with Crippen molar-refractivity contribution in [3.63, 3.8) is 0 Å². The third kappa shape index (κ3) is 3.03. The lowest BCUT2D eigenvalue weighted by atomic mass is 10.2. The molecular weight excluding hydrogens is 406 g/mol. The van der Waals surface area contributed by atoms with Gasteiger partial charge in [-0.2, -0.15) is 4.98 Å². The number of nitrogens with zero attached hydrogens (tertiary/aromatic N) is 5. The summed E-state index contributed by atoms with van der Waals surface area (Å²) < 4.78 is 15.3. The molecule has 5 aromatic rings. The first kappa shape index (κ1) is 18.9. The molecule has 160 valence electrons. The van der Waals surface area contributed by atoms with E-state index in [2.05, 4.69) is 4.98 Å². The average molecular weight is 427 g/mol. The molecule has 1 fully saturated rings. The van der Waals surface area contributed by atoms with Crippen LogP contribution in [0.1, 0.15) is 18.1 Å². The number of para-hydroxylation sites is 2. The number of ether oxygens (including phenoxy) is 2. The highest BCUT2D eigenvalue weighted by Gasteiger charge is 2.21. The smallest absolute Gasteiger partial charge is 0.261 e. The van der Waals surface area contributed by atoms with Crippen LogP contribution >= 0.6 is 0 Å². The number of hydrogen-bond acceptors (Lipinski definition) is 6. The summed E-state index contributed by atoms with van der Waals surface area (Å²) >= 11 is 0. The number of rotatable bonds is 4. The van der Waals surface area contributed by atoms with E-state index in [1.807, 2.05) is 59.9 Å². The number of fused-ring (bicyclic) bond motifs is 4. The maximum Gasteiger partial charge on any atom is 0.261 e. The molecule has 8 heteroatoms. The highest BCUT2D eigenvalue weighted by Crippen LogP contribution is 2.25. The first-order valence-electron chi connectivity index (χ1n) is 10.6. The largest absolute Gasteiger partial charge is 0.471 e. The van der Waals surface area contributed by atoms with E-state index in [1.165, 1.54) is 0 Å². The van der Waals surface area contributed by atoms with Crippen LogP contribution in [0.4, 0.5) is 0 Å². The van der Waals surface area contributed by atoms with Crippen LogP contribution in [0, 0.1) is 6.92 Å². The van der Waals surface area contributed by atoms with Crippen LogP contribution in [-0.2, 0) is 11.3 Å². The first-order valence-corrected chi connectivity index (χ1v) is 10.6.